The van der Waals surface area contributed by atoms with E-state index in [1.807, 2.05) is 36.4 Å². The van der Waals surface area contributed by atoms with Gasteiger partial charge in [0.25, 0.3) is 5.91 Å². The SMILES string of the molecule is COc1ccc2cc(C(=O)NCc3nnc4ccc(N5CCCC5)nn34)[nH]c2c1. The van der Waals surface area contributed by atoms with Crippen LogP contribution in [0.4, 0.5) is 5.82 Å². The minimum absolute atomic E-state index is 0.215. The third-order valence-electron chi connectivity index (χ3n) is 5.22. The van der Waals surface area contributed by atoms with Gasteiger partial charge in [0.15, 0.2) is 11.5 Å². The molecule has 1 saturated heterocycles. The summed E-state index contributed by atoms with van der Waals surface area (Å²) in [6, 6.07) is 11.3. The molecule has 4 aromatic rings. The maximum absolute atomic E-state index is 12.6. The van der Waals surface area contributed by atoms with E-state index < -0.39 is 0 Å². The van der Waals surface area contributed by atoms with E-state index in [9.17, 15) is 4.79 Å². The molecule has 9 heteroatoms. The van der Waals surface area contributed by atoms with Crippen molar-refractivity contribution >= 4 is 28.3 Å². The van der Waals surface area contributed by atoms with Crippen LogP contribution in [0.1, 0.15) is 29.2 Å². The van der Waals surface area contributed by atoms with Crippen molar-refractivity contribution in [2.45, 2.75) is 19.4 Å². The Labute approximate surface area is 166 Å². The van der Waals surface area contributed by atoms with E-state index in [0.29, 0.717) is 17.2 Å². The first-order valence-electron chi connectivity index (χ1n) is 9.62. The number of H-pyrrole nitrogens is 1. The Kier molecular flexibility index (Phi) is 4.27. The van der Waals surface area contributed by atoms with Crippen molar-refractivity contribution in [3.05, 3.63) is 47.9 Å². The van der Waals surface area contributed by atoms with Crippen LogP contribution in [0.5, 0.6) is 5.75 Å². The molecule has 0 atom stereocenters. The summed E-state index contributed by atoms with van der Waals surface area (Å²) >= 11 is 0. The molecule has 0 spiro atoms. The van der Waals surface area contributed by atoms with Crippen LogP contribution in [0.15, 0.2) is 36.4 Å². The standard InChI is InChI=1S/C20H21N7O2/c1-29-14-5-4-13-10-16(22-15(13)11-14)20(28)21-12-19-24-23-17-6-7-18(25-27(17)19)26-8-2-3-9-26/h4-7,10-11,22H,2-3,8-9,12H2,1H3,(H,21,28). The van der Waals surface area contributed by atoms with Gasteiger partial charge in [0.1, 0.15) is 17.3 Å². The van der Waals surface area contributed by atoms with Gasteiger partial charge < -0.3 is 19.9 Å². The lowest BCUT2D eigenvalue weighted by atomic mass is 10.2. The second-order valence-electron chi connectivity index (χ2n) is 7.09. The van der Waals surface area contributed by atoms with Crippen molar-refractivity contribution in [2.75, 3.05) is 25.1 Å². The van der Waals surface area contributed by atoms with E-state index in [2.05, 4.69) is 30.5 Å². The fourth-order valence-electron chi connectivity index (χ4n) is 3.66. The zero-order valence-electron chi connectivity index (χ0n) is 16.1. The minimum Gasteiger partial charge on any atom is -0.497 e. The smallest absolute Gasteiger partial charge is 0.268 e. The monoisotopic (exact) mass is 391 g/mol. The molecule has 1 amide bonds. The zero-order chi connectivity index (χ0) is 19.8. The van der Waals surface area contributed by atoms with Gasteiger partial charge in [-0.3, -0.25) is 4.79 Å². The lowest BCUT2D eigenvalue weighted by Crippen LogP contribution is -2.25. The average molecular weight is 391 g/mol. The highest BCUT2D eigenvalue weighted by atomic mass is 16.5. The molecule has 29 heavy (non-hydrogen) atoms. The van der Waals surface area contributed by atoms with Gasteiger partial charge in [-0.15, -0.1) is 15.3 Å². The molecule has 0 radical (unpaired) electrons. The maximum Gasteiger partial charge on any atom is 0.268 e. The van der Waals surface area contributed by atoms with Gasteiger partial charge in [0.2, 0.25) is 0 Å². The number of nitrogens with one attached hydrogen (secondary N) is 2. The molecule has 2 N–H and O–H groups in total. The number of rotatable bonds is 5. The van der Waals surface area contributed by atoms with Gasteiger partial charge in [0.05, 0.1) is 13.7 Å². The summed E-state index contributed by atoms with van der Waals surface area (Å²) in [6.07, 6.45) is 2.36. The molecule has 0 saturated carbocycles. The number of benzene rings is 1. The van der Waals surface area contributed by atoms with Gasteiger partial charge >= 0.3 is 0 Å². The van der Waals surface area contributed by atoms with E-state index in [1.54, 1.807) is 11.6 Å². The number of amides is 1. The summed E-state index contributed by atoms with van der Waals surface area (Å²) in [5.41, 5.74) is 1.99. The van der Waals surface area contributed by atoms with Gasteiger partial charge in [-0.25, -0.2) is 0 Å². The number of carbonyl (C=O) groups excluding carboxylic acids is 1. The van der Waals surface area contributed by atoms with Crippen LogP contribution in [-0.2, 0) is 6.54 Å². The molecule has 0 bridgehead atoms. The predicted octanol–water partition coefficient (Wildman–Crippen LogP) is 2.14. The molecule has 3 aromatic heterocycles. The summed E-state index contributed by atoms with van der Waals surface area (Å²) < 4.78 is 6.93. The summed E-state index contributed by atoms with van der Waals surface area (Å²) in [5.74, 6) is 2.02. The largest absolute Gasteiger partial charge is 0.497 e. The van der Waals surface area contributed by atoms with Crippen LogP contribution in [0.2, 0.25) is 0 Å². The summed E-state index contributed by atoms with van der Waals surface area (Å²) in [6.45, 7) is 2.25. The molecule has 1 aliphatic rings. The first kappa shape index (κ1) is 17.5. The molecule has 0 aliphatic carbocycles. The number of aromatic amines is 1. The highest BCUT2D eigenvalue weighted by Crippen LogP contribution is 2.21. The number of carbonyl (C=O) groups is 1. The van der Waals surface area contributed by atoms with Crippen molar-refractivity contribution in [2.24, 2.45) is 0 Å². The first-order chi connectivity index (χ1) is 14.2. The highest BCUT2D eigenvalue weighted by molar-refractivity contribution is 5.98. The second-order valence-corrected chi connectivity index (χ2v) is 7.09. The van der Waals surface area contributed by atoms with Gasteiger partial charge in [-0.05, 0) is 43.2 Å². The summed E-state index contributed by atoms with van der Waals surface area (Å²) in [5, 5.41) is 16.8. The Hall–Kier alpha value is -3.62. The van der Waals surface area contributed by atoms with Crippen molar-refractivity contribution in [1.29, 1.82) is 0 Å². The molecule has 148 valence electrons. The normalized spacial score (nSPS) is 14.0. The van der Waals surface area contributed by atoms with Crippen LogP contribution in [0.3, 0.4) is 0 Å². The van der Waals surface area contributed by atoms with Crippen LogP contribution in [-0.4, -0.2) is 50.9 Å². The Morgan fingerprint density at radius 2 is 2.03 bits per heavy atom. The molecule has 5 rings (SSSR count). The van der Waals surface area contributed by atoms with Gasteiger partial charge in [0, 0.05) is 30.1 Å². The van der Waals surface area contributed by atoms with Crippen LogP contribution < -0.4 is 15.0 Å². The fraction of sp³-hybridized carbons (Fsp3) is 0.300. The Morgan fingerprint density at radius 3 is 2.86 bits per heavy atom. The third-order valence-corrected chi connectivity index (χ3v) is 5.22. The second kappa shape index (κ2) is 7.08. The molecule has 4 heterocycles. The Morgan fingerprint density at radius 1 is 1.17 bits per heavy atom. The minimum atomic E-state index is -0.215. The van der Waals surface area contributed by atoms with Crippen molar-refractivity contribution < 1.29 is 9.53 Å². The van der Waals surface area contributed by atoms with Crippen molar-refractivity contribution in [3.63, 3.8) is 0 Å². The van der Waals surface area contributed by atoms with Crippen LogP contribution in [0.25, 0.3) is 16.6 Å². The van der Waals surface area contributed by atoms with Crippen molar-refractivity contribution in [1.82, 2.24) is 30.1 Å². The Balaban J connectivity index is 1.34. The molecule has 0 unspecified atom stereocenters. The number of fused-ring (bicyclic) bond motifs is 2. The number of ether oxygens (including phenoxy) is 1. The van der Waals surface area contributed by atoms with Crippen LogP contribution >= 0.6 is 0 Å². The number of anilines is 1. The first-order valence-corrected chi connectivity index (χ1v) is 9.62. The number of hydrogen-bond donors (Lipinski definition) is 2. The van der Waals surface area contributed by atoms with Gasteiger partial charge in [-0.1, -0.05) is 0 Å². The van der Waals surface area contributed by atoms with E-state index >= 15 is 0 Å². The van der Waals surface area contributed by atoms with E-state index in [0.717, 1.165) is 35.6 Å². The zero-order valence-corrected chi connectivity index (χ0v) is 16.1. The fourth-order valence-corrected chi connectivity index (χ4v) is 3.66. The van der Waals surface area contributed by atoms with E-state index in [4.69, 9.17) is 4.74 Å². The lowest BCUT2D eigenvalue weighted by Gasteiger charge is -2.15. The summed E-state index contributed by atoms with van der Waals surface area (Å²) in [7, 11) is 1.61. The van der Waals surface area contributed by atoms with Crippen LogP contribution in [0, 0.1) is 0 Å². The lowest BCUT2D eigenvalue weighted by molar-refractivity contribution is 0.0945. The molecular formula is C20H21N7O2. The number of nitrogens with zero attached hydrogens (tertiary/aromatic N) is 5. The maximum atomic E-state index is 12.6. The number of methoxy groups -OCH3 is 1. The Bertz CT molecular complexity index is 1190. The number of aromatic nitrogens is 5. The quantitative estimate of drug-likeness (QED) is 0.541. The third kappa shape index (κ3) is 3.24. The summed E-state index contributed by atoms with van der Waals surface area (Å²) in [4.78, 5) is 18.0. The number of hydrogen-bond acceptors (Lipinski definition) is 6. The molecule has 1 aliphatic heterocycles. The molecule has 1 fully saturated rings. The van der Waals surface area contributed by atoms with Gasteiger partial charge in [-0.2, -0.15) is 4.52 Å². The topological polar surface area (TPSA) is 100 Å². The molecule has 9 nitrogen and oxygen atoms in total. The van der Waals surface area contributed by atoms with E-state index in [1.165, 1.54) is 12.8 Å². The molecule has 1 aromatic carbocycles. The highest BCUT2D eigenvalue weighted by Gasteiger charge is 2.16. The average Bonchev–Trinajstić information content (AvgIpc) is 3.50. The molecular weight excluding hydrogens is 370 g/mol. The van der Waals surface area contributed by atoms with Crippen molar-refractivity contribution in [3.8, 4) is 5.75 Å². The predicted molar refractivity (Wildman–Crippen MR) is 108 cm³/mol. The van der Waals surface area contributed by atoms with E-state index in [-0.39, 0.29) is 12.5 Å².